The molecule has 2 heteroatoms. The maximum Gasteiger partial charge on any atom is 0.236 e. The molecule has 0 spiro atoms. The Morgan fingerprint density at radius 3 is 2.60 bits per heavy atom. The molecule has 2 rings (SSSR count). The van der Waals surface area contributed by atoms with Crippen LogP contribution in [0.2, 0.25) is 0 Å². The average molecular weight is 203 g/mol. The van der Waals surface area contributed by atoms with E-state index < -0.39 is 0 Å². The van der Waals surface area contributed by atoms with E-state index in [0.717, 1.165) is 17.7 Å². The number of nitrogens with zero attached hydrogens (tertiary/aromatic N) is 1. The minimum atomic E-state index is -0.366. The smallest absolute Gasteiger partial charge is 0.236 e. The summed E-state index contributed by atoms with van der Waals surface area (Å²) in [6.07, 6.45) is 0.969. The zero-order valence-corrected chi connectivity index (χ0v) is 9.79. The van der Waals surface area contributed by atoms with E-state index in [0.29, 0.717) is 0 Å². The van der Waals surface area contributed by atoms with Gasteiger partial charge in [-0.1, -0.05) is 25.1 Å². The predicted octanol–water partition coefficient (Wildman–Crippen LogP) is 2.50. The van der Waals surface area contributed by atoms with Crippen molar-refractivity contribution < 1.29 is 4.79 Å². The molecule has 1 amide bonds. The fourth-order valence-corrected chi connectivity index (χ4v) is 2.41. The topological polar surface area (TPSA) is 20.3 Å². The van der Waals surface area contributed by atoms with E-state index >= 15 is 0 Å². The number of fused-ring (bicyclic) bond motifs is 1. The van der Waals surface area contributed by atoms with Crippen molar-refractivity contribution in [3.8, 4) is 0 Å². The molecular weight excluding hydrogens is 186 g/mol. The lowest BCUT2D eigenvalue weighted by atomic mass is 9.85. The molecule has 1 heterocycles. The third-order valence-corrected chi connectivity index (χ3v) is 3.35. The van der Waals surface area contributed by atoms with Gasteiger partial charge in [-0.3, -0.25) is 4.79 Å². The van der Waals surface area contributed by atoms with Crippen LogP contribution in [0.1, 0.15) is 31.9 Å². The van der Waals surface area contributed by atoms with Crippen molar-refractivity contribution >= 4 is 11.6 Å². The van der Waals surface area contributed by atoms with E-state index in [2.05, 4.69) is 19.1 Å². The summed E-state index contributed by atoms with van der Waals surface area (Å²) < 4.78 is 0. The Morgan fingerprint density at radius 1 is 1.33 bits per heavy atom. The number of para-hydroxylation sites is 1. The highest BCUT2D eigenvalue weighted by Crippen LogP contribution is 2.42. The van der Waals surface area contributed by atoms with E-state index in [4.69, 9.17) is 0 Å². The molecule has 1 aromatic carbocycles. The number of amides is 1. The molecule has 0 radical (unpaired) electrons. The summed E-state index contributed by atoms with van der Waals surface area (Å²) in [4.78, 5) is 13.9. The summed E-state index contributed by atoms with van der Waals surface area (Å²) in [5, 5.41) is 0. The Kier molecular flexibility index (Phi) is 2.10. The number of hydrogen-bond acceptors (Lipinski definition) is 1. The van der Waals surface area contributed by atoms with Gasteiger partial charge in [-0.15, -0.1) is 0 Å². The highest BCUT2D eigenvalue weighted by atomic mass is 16.2. The summed E-state index contributed by atoms with van der Waals surface area (Å²) in [6.45, 7) is 6.12. The summed E-state index contributed by atoms with van der Waals surface area (Å²) in [5.41, 5.74) is 3.17. The average Bonchev–Trinajstić information content (AvgIpc) is 2.41. The van der Waals surface area contributed by atoms with Gasteiger partial charge >= 0.3 is 0 Å². The number of rotatable bonds is 1. The third kappa shape index (κ3) is 1.21. The van der Waals surface area contributed by atoms with E-state index in [1.54, 1.807) is 4.90 Å². The van der Waals surface area contributed by atoms with Crippen LogP contribution < -0.4 is 4.90 Å². The van der Waals surface area contributed by atoms with Gasteiger partial charge in [-0.2, -0.15) is 0 Å². The standard InChI is InChI=1S/C13H17NO/c1-5-9-7-6-8-10-11(9)14(4)12(15)13(10,2)3/h6-8H,5H2,1-4H3. The SMILES string of the molecule is CCc1cccc2c1N(C)C(=O)C2(C)C. The molecule has 0 N–H and O–H groups in total. The lowest BCUT2D eigenvalue weighted by Crippen LogP contribution is -2.33. The van der Waals surface area contributed by atoms with Gasteiger partial charge in [0.25, 0.3) is 0 Å². The summed E-state index contributed by atoms with van der Waals surface area (Å²) in [7, 11) is 1.87. The van der Waals surface area contributed by atoms with Crippen LogP contribution in [0, 0.1) is 0 Å². The quantitative estimate of drug-likeness (QED) is 0.686. The second-order valence-electron chi connectivity index (χ2n) is 4.66. The fourth-order valence-electron chi connectivity index (χ4n) is 2.41. The molecule has 0 saturated heterocycles. The molecule has 1 aliphatic rings. The van der Waals surface area contributed by atoms with E-state index in [9.17, 15) is 4.79 Å². The van der Waals surface area contributed by atoms with Crippen LogP contribution in [0.25, 0.3) is 0 Å². The van der Waals surface area contributed by atoms with Gasteiger partial charge in [0.1, 0.15) is 0 Å². The maximum atomic E-state index is 12.1. The molecule has 0 aliphatic carbocycles. The van der Waals surface area contributed by atoms with Gasteiger partial charge in [-0.25, -0.2) is 0 Å². The minimum Gasteiger partial charge on any atom is -0.314 e. The Labute approximate surface area is 90.9 Å². The summed E-state index contributed by atoms with van der Waals surface area (Å²) >= 11 is 0. The van der Waals surface area contributed by atoms with Crippen molar-refractivity contribution in [2.75, 3.05) is 11.9 Å². The van der Waals surface area contributed by atoms with Crippen LogP contribution >= 0.6 is 0 Å². The van der Waals surface area contributed by atoms with Crippen molar-refractivity contribution in [2.45, 2.75) is 32.6 Å². The first-order valence-electron chi connectivity index (χ1n) is 5.40. The van der Waals surface area contributed by atoms with Gasteiger partial charge < -0.3 is 4.90 Å². The van der Waals surface area contributed by atoms with E-state index in [-0.39, 0.29) is 11.3 Å². The monoisotopic (exact) mass is 203 g/mol. The Hall–Kier alpha value is -1.31. The van der Waals surface area contributed by atoms with E-state index in [1.807, 2.05) is 27.0 Å². The number of carbonyl (C=O) groups is 1. The molecule has 0 bridgehead atoms. The predicted molar refractivity (Wildman–Crippen MR) is 62.3 cm³/mol. The van der Waals surface area contributed by atoms with Gasteiger partial charge in [0.2, 0.25) is 5.91 Å². The Bertz CT molecular complexity index is 421. The number of hydrogen-bond donors (Lipinski definition) is 0. The van der Waals surface area contributed by atoms with Crippen LogP contribution in [-0.2, 0) is 16.6 Å². The van der Waals surface area contributed by atoms with Crippen LogP contribution in [0.15, 0.2) is 18.2 Å². The lowest BCUT2D eigenvalue weighted by molar-refractivity contribution is -0.121. The van der Waals surface area contributed by atoms with Crippen LogP contribution in [0.4, 0.5) is 5.69 Å². The molecule has 80 valence electrons. The number of likely N-dealkylation sites (N-methyl/N-ethyl adjacent to an activating group) is 1. The fraction of sp³-hybridized carbons (Fsp3) is 0.462. The maximum absolute atomic E-state index is 12.1. The highest BCUT2D eigenvalue weighted by molar-refractivity contribution is 6.07. The van der Waals surface area contributed by atoms with Crippen molar-refractivity contribution in [1.29, 1.82) is 0 Å². The Balaban J connectivity index is 2.70. The van der Waals surface area contributed by atoms with Crippen molar-refractivity contribution in [3.63, 3.8) is 0 Å². The minimum absolute atomic E-state index is 0.193. The van der Waals surface area contributed by atoms with Gasteiger partial charge in [-0.05, 0) is 31.4 Å². The van der Waals surface area contributed by atoms with Gasteiger partial charge in [0.15, 0.2) is 0 Å². The van der Waals surface area contributed by atoms with Crippen molar-refractivity contribution in [2.24, 2.45) is 0 Å². The van der Waals surface area contributed by atoms with Crippen LogP contribution in [0.3, 0.4) is 0 Å². The highest BCUT2D eigenvalue weighted by Gasteiger charge is 2.42. The van der Waals surface area contributed by atoms with E-state index in [1.165, 1.54) is 5.56 Å². The molecule has 0 unspecified atom stereocenters. The Morgan fingerprint density at radius 2 is 2.00 bits per heavy atom. The van der Waals surface area contributed by atoms with Crippen LogP contribution in [0.5, 0.6) is 0 Å². The molecule has 1 aliphatic heterocycles. The van der Waals surface area contributed by atoms with Gasteiger partial charge in [0, 0.05) is 7.05 Å². The number of benzene rings is 1. The first kappa shape index (κ1) is 10.2. The normalized spacial score (nSPS) is 18.1. The molecule has 0 fully saturated rings. The zero-order valence-electron chi connectivity index (χ0n) is 9.79. The molecule has 2 nitrogen and oxygen atoms in total. The number of carbonyl (C=O) groups excluding carboxylic acids is 1. The number of anilines is 1. The van der Waals surface area contributed by atoms with Crippen molar-refractivity contribution in [3.05, 3.63) is 29.3 Å². The molecule has 0 aromatic heterocycles. The van der Waals surface area contributed by atoms with Gasteiger partial charge in [0.05, 0.1) is 11.1 Å². The second-order valence-corrected chi connectivity index (χ2v) is 4.66. The molecule has 15 heavy (non-hydrogen) atoms. The second kappa shape index (κ2) is 3.09. The molecular formula is C13H17NO. The third-order valence-electron chi connectivity index (χ3n) is 3.35. The summed E-state index contributed by atoms with van der Waals surface area (Å²) in [6, 6.07) is 6.21. The number of aryl methyl sites for hydroxylation is 1. The molecule has 0 saturated carbocycles. The zero-order chi connectivity index (χ0) is 11.2. The summed E-state index contributed by atoms with van der Waals surface area (Å²) in [5.74, 6) is 0.193. The molecule has 0 atom stereocenters. The largest absolute Gasteiger partial charge is 0.314 e. The first-order chi connectivity index (χ1) is 7.00. The van der Waals surface area contributed by atoms with Crippen LogP contribution in [-0.4, -0.2) is 13.0 Å². The first-order valence-corrected chi connectivity index (χ1v) is 5.40. The molecule has 1 aromatic rings. The van der Waals surface area contributed by atoms with Crippen molar-refractivity contribution in [1.82, 2.24) is 0 Å². The lowest BCUT2D eigenvalue weighted by Gasteiger charge is -2.16.